The fourth-order valence-corrected chi connectivity index (χ4v) is 2.80. The number of rotatable bonds is 8. The molecule has 1 heterocycles. The van der Waals surface area contributed by atoms with Crippen LogP contribution >= 0.6 is 11.6 Å². The lowest BCUT2D eigenvalue weighted by Crippen LogP contribution is -2.16. The van der Waals surface area contributed by atoms with Crippen molar-refractivity contribution in [2.75, 3.05) is 13.7 Å². The molecule has 1 N–H and O–H groups in total. The number of nitrogens with zero attached hydrogens (tertiary/aromatic N) is 3. The van der Waals surface area contributed by atoms with Crippen molar-refractivity contribution in [1.82, 2.24) is 20.3 Å². The number of benzene rings is 1. The molecule has 3 rings (SSSR count). The summed E-state index contributed by atoms with van der Waals surface area (Å²) in [6.45, 7) is 3.86. The largest absolute Gasteiger partial charge is 0.493 e. The Labute approximate surface area is 140 Å². The molecule has 2 aromatic rings. The summed E-state index contributed by atoms with van der Waals surface area (Å²) in [5, 5.41) is 12.1. The number of methoxy groups -OCH3 is 1. The summed E-state index contributed by atoms with van der Waals surface area (Å²) in [7, 11) is 1.62. The summed E-state index contributed by atoms with van der Waals surface area (Å²) in [5.74, 6) is 1.25. The monoisotopic (exact) mass is 336 g/mol. The first-order valence-corrected chi connectivity index (χ1v) is 8.19. The summed E-state index contributed by atoms with van der Waals surface area (Å²) in [4.78, 5) is 0. The summed E-state index contributed by atoms with van der Waals surface area (Å²) in [5.41, 5.74) is 2.15. The second-order valence-electron chi connectivity index (χ2n) is 5.55. The maximum atomic E-state index is 6.29. The molecule has 1 aromatic carbocycles. The van der Waals surface area contributed by atoms with Crippen LogP contribution in [0.4, 0.5) is 0 Å². The predicted molar refractivity (Wildman–Crippen MR) is 88.0 cm³/mol. The second kappa shape index (κ2) is 7.19. The van der Waals surface area contributed by atoms with Gasteiger partial charge in [0.05, 0.1) is 36.7 Å². The van der Waals surface area contributed by atoms with E-state index in [9.17, 15) is 0 Å². The third kappa shape index (κ3) is 3.76. The van der Waals surface area contributed by atoms with Crippen molar-refractivity contribution in [2.45, 2.75) is 38.9 Å². The fraction of sp³-hybridized carbons (Fsp3) is 0.500. The Bertz CT molecular complexity index is 670. The molecule has 7 heteroatoms. The van der Waals surface area contributed by atoms with Crippen molar-refractivity contribution >= 4 is 11.6 Å². The van der Waals surface area contributed by atoms with Crippen LogP contribution in [-0.4, -0.2) is 28.7 Å². The van der Waals surface area contributed by atoms with Gasteiger partial charge in [0.1, 0.15) is 0 Å². The summed E-state index contributed by atoms with van der Waals surface area (Å²) < 4.78 is 12.9. The number of aromatic nitrogens is 3. The van der Waals surface area contributed by atoms with Crippen LogP contribution < -0.4 is 14.8 Å². The lowest BCUT2D eigenvalue weighted by atomic mass is 10.2. The molecule has 1 aromatic heterocycles. The topological polar surface area (TPSA) is 61.2 Å². The average Bonchev–Trinajstić information content (AvgIpc) is 3.29. The van der Waals surface area contributed by atoms with Gasteiger partial charge in [-0.25, -0.2) is 4.68 Å². The quantitative estimate of drug-likeness (QED) is 0.803. The zero-order valence-electron chi connectivity index (χ0n) is 13.4. The highest BCUT2D eigenvalue weighted by molar-refractivity contribution is 6.32. The van der Waals surface area contributed by atoms with Gasteiger partial charge in [0.15, 0.2) is 11.5 Å². The van der Waals surface area contributed by atoms with E-state index in [2.05, 4.69) is 15.6 Å². The Morgan fingerprint density at radius 2 is 2.17 bits per heavy atom. The normalized spacial score (nSPS) is 14.0. The van der Waals surface area contributed by atoms with E-state index < -0.39 is 0 Å². The molecule has 0 bridgehead atoms. The van der Waals surface area contributed by atoms with E-state index in [0.29, 0.717) is 35.7 Å². The van der Waals surface area contributed by atoms with Gasteiger partial charge in [-0.1, -0.05) is 16.8 Å². The molecule has 124 valence electrons. The number of halogens is 1. The van der Waals surface area contributed by atoms with Gasteiger partial charge in [-0.3, -0.25) is 0 Å². The SMILES string of the molecule is CCOc1c(Cl)cc(CNCc2cnnn2C2CC2)cc1OC. The van der Waals surface area contributed by atoms with E-state index in [1.165, 1.54) is 12.8 Å². The van der Waals surface area contributed by atoms with Crippen LogP contribution in [0.15, 0.2) is 18.3 Å². The summed E-state index contributed by atoms with van der Waals surface area (Å²) >= 11 is 6.29. The third-order valence-corrected chi connectivity index (χ3v) is 4.04. The standard InChI is InChI=1S/C16H21ClN4O2/c1-3-23-16-14(17)6-11(7-15(16)22-2)8-18-9-13-10-19-20-21(13)12-4-5-12/h6-7,10,12,18H,3-5,8-9H2,1-2H3. The van der Waals surface area contributed by atoms with Gasteiger partial charge in [0.2, 0.25) is 0 Å². The Morgan fingerprint density at radius 3 is 2.87 bits per heavy atom. The van der Waals surface area contributed by atoms with Crippen LogP contribution in [0.3, 0.4) is 0 Å². The molecule has 23 heavy (non-hydrogen) atoms. The molecule has 0 radical (unpaired) electrons. The molecule has 1 saturated carbocycles. The lowest BCUT2D eigenvalue weighted by Gasteiger charge is -2.13. The zero-order valence-corrected chi connectivity index (χ0v) is 14.1. The fourth-order valence-electron chi connectivity index (χ4n) is 2.51. The highest BCUT2D eigenvalue weighted by Gasteiger charge is 2.26. The Hall–Kier alpha value is -1.79. The molecule has 0 amide bonds. The summed E-state index contributed by atoms with van der Waals surface area (Å²) in [6, 6.07) is 4.38. The molecule has 0 aliphatic heterocycles. The van der Waals surface area contributed by atoms with Gasteiger partial charge in [-0.2, -0.15) is 0 Å². The predicted octanol–water partition coefficient (Wildman–Crippen LogP) is 2.96. The van der Waals surface area contributed by atoms with Gasteiger partial charge in [-0.15, -0.1) is 5.10 Å². The second-order valence-corrected chi connectivity index (χ2v) is 5.95. The van der Waals surface area contributed by atoms with Crippen molar-refractivity contribution in [3.63, 3.8) is 0 Å². The van der Waals surface area contributed by atoms with Crippen molar-refractivity contribution in [3.8, 4) is 11.5 Å². The van der Waals surface area contributed by atoms with Gasteiger partial charge in [0.25, 0.3) is 0 Å². The van der Waals surface area contributed by atoms with E-state index in [-0.39, 0.29) is 0 Å². The van der Waals surface area contributed by atoms with Crippen molar-refractivity contribution < 1.29 is 9.47 Å². The first kappa shape index (κ1) is 16.1. The van der Waals surface area contributed by atoms with Gasteiger partial charge < -0.3 is 14.8 Å². The van der Waals surface area contributed by atoms with Crippen molar-refractivity contribution in [3.05, 3.63) is 34.6 Å². The number of hydrogen-bond acceptors (Lipinski definition) is 5. The van der Waals surface area contributed by atoms with Crippen LogP contribution in [0.25, 0.3) is 0 Å². The minimum absolute atomic E-state index is 0.536. The molecule has 0 atom stereocenters. The van der Waals surface area contributed by atoms with Crippen LogP contribution in [0, 0.1) is 0 Å². The number of hydrogen-bond donors (Lipinski definition) is 1. The molecular formula is C16H21ClN4O2. The molecule has 1 fully saturated rings. The van der Waals surface area contributed by atoms with Crippen LogP contribution in [0.5, 0.6) is 11.5 Å². The Kier molecular flexibility index (Phi) is 5.03. The first-order chi connectivity index (χ1) is 11.2. The molecule has 0 spiro atoms. The van der Waals surface area contributed by atoms with E-state index in [1.54, 1.807) is 7.11 Å². The van der Waals surface area contributed by atoms with Crippen LogP contribution in [0.2, 0.25) is 5.02 Å². The van der Waals surface area contributed by atoms with E-state index in [0.717, 1.165) is 17.8 Å². The van der Waals surface area contributed by atoms with Gasteiger partial charge >= 0.3 is 0 Å². The third-order valence-electron chi connectivity index (χ3n) is 3.75. The average molecular weight is 337 g/mol. The van der Waals surface area contributed by atoms with Gasteiger partial charge in [-0.05, 0) is 37.5 Å². The zero-order chi connectivity index (χ0) is 16.2. The van der Waals surface area contributed by atoms with E-state index in [4.69, 9.17) is 21.1 Å². The highest BCUT2D eigenvalue weighted by atomic mass is 35.5. The molecule has 1 aliphatic carbocycles. The summed E-state index contributed by atoms with van der Waals surface area (Å²) in [6.07, 6.45) is 4.21. The molecule has 1 aliphatic rings. The van der Waals surface area contributed by atoms with E-state index >= 15 is 0 Å². The van der Waals surface area contributed by atoms with Crippen LogP contribution in [0.1, 0.15) is 37.1 Å². The molecule has 0 saturated heterocycles. The minimum atomic E-state index is 0.536. The van der Waals surface area contributed by atoms with Crippen molar-refractivity contribution in [2.24, 2.45) is 0 Å². The first-order valence-electron chi connectivity index (χ1n) is 7.82. The Balaban J connectivity index is 1.63. The molecule has 6 nitrogen and oxygen atoms in total. The minimum Gasteiger partial charge on any atom is -0.493 e. The Morgan fingerprint density at radius 1 is 1.35 bits per heavy atom. The number of ether oxygens (including phenoxy) is 2. The highest BCUT2D eigenvalue weighted by Crippen LogP contribution is 2.36. The smallest absolute Gasteiger partial charge is 0.179 e. The number of nitrogens with one attached hydrogen (secondary N) is 1. The molecular weight excluding hydrogens is 316 g/mol. The lowest BCUT2D eigenvalue weighted by molar-refractivity contribution is 0.311. The van der Waals surface area contributed by atoms with E-state index in [1.807, 2.05) is 29.9 Å². The van der Waals surface area contributed by atoms with Crippen LogP contribution in [-0.2, 0) is 13.1 Å². The maximum Gasteiger partial charge on any atom is 0.179 e. The van der Waals surface area contributed by atoms with Gasteiger partial charge in [0, 0.05) is 13.1 Å². The molecule has 0 unspecified atom stereocenters. The van der Waals surface area contributed by atoms with Crippen molar-refractivity contribution in [1.29, 1.82) is 0 Å². The maximum absolute atomic E-state index is 6.29.